The fourth-order valence-corrected chi connectivity index (χ4v) is 3.27. The first-order chi connectivity index (χ1) is 12.7. The molecule has 27 heavy (non-hydrogen) atoms. The van der Waals surface area contributed by atoms with Crippen LogP contribution in [0.15, 0.2) is 42.5 Å². The molecule has 6 nitrogen and oxygen atoms in total. The molecule has 0 spiro atoms. The number of hydrogen-bond donors (Lipinski definition) is 2. The van der Waals surface area contributed by atoms with E-state index in [1.807, 2.05) is 0 Å². The molecule has 2 aromatic carbocycles. The van der Waals surface area contributed by atoms with Crippen molar-refractivity contribution in [2.75, 3.05) is 11.9 Å². The summed E-state index contributed by atoms with van der Waals surface area (Å²) in [6.07, 6.45) is 0. The van der Waals surface area contributed by atoms with Crippen LogP contribution in [0, 0.1) is 6.92 Å². The van der Waals surface area contributed by atoms with Crippen LogP contribution in [0.3, 0.4) is 0 Å². The van der Waals surface area contributed by atoms with Crippen molar-refractivity contribution in [3.8, 4) is 0 Å². The molecule has 0 aliphatic carbocycles. The molecule has 0 bridgehead atoms. The Morgan fingerprint density at radius 2 is 1.74 bits per heavy atom. The molecule has 2 N–H and O–H groups in total. The quantitative estimate of drug-likeness (QED) is 0.760. The number of rotatable bonds is 4. The van der Waals surface area contributed by atoms with Gasteiger partial charge in [0.25, 0.3) is 5.91 Å². The zero-order valence-corrected chi connectivity index (χ0v) is 16.2. The smallest absolute Gasteiger partial charge is 0.324 e. The Bertz CT molecular complexity index is 930. The zero-order valence-electron chi connectivity index (χ0n) is 14.7. The molecule has 140 valence electrons. The molecule has 1 atom stereocenters. The number of carbonyl (C=O) groups excluding carboxylic acids is 3. The Kier molecular flexibility index (Phi) is 5.13. The fourth-order valence-electron chi connectivity index (χ4n) is 2.92. The first-order valence-electron chi connectivity index (χ1n) is 8.17. The van der Waals surface area contributed by atoms with Crippen LogP contribution >= 0.6 is 23.2 Å². The second-order valence-corrected chi connectivity index (χ2v) is 7.33. The summed E-state index contributed by atoms with van der Waals surface area (Å²) in [5, 5.41) is 6.42. The number of amides is 4. The standard InChI is InChI=1S/C19H17Cl2N3O3/c1-11-9-14(21)7-8-15(11)22-16(25)10-24-17(26)19(2,23-18(24)27)12-3-5-13(20)6-4-12/h3-9H,10H2,1-2H3,(H,22,25)(H,23,27). The topological polar surface area (TPSA) is 78.5 Å². The third-order valence-electron chi connectivity index (χ3n) is 4.46. The molecule has 2 aromatic rings. The number of imide groups is 1. The summed E-state index contributed by atoms with van der Waals surface area (Å²) in [5.41, 5.74) is 0.677. The van der Waals surface area contributed by atoms with Gasteiger partial charge >= 0.3 is 6.03 Å². The molecule has 1 fully saturated rings. The first kappa shape index (κ1) is 19.2. The molecule has 1 heterocycles. The molecular formula is C19H17Cl2N3O3. The Labute approximate surface area is 166 Å². The van der Waals surface area contributed by atoms with Gasteiger partial charge in [0, 0.05) is 15.7 Å². The van der Waals surface area contributed by atoms with Gasteiger partial charge in [-0.2, -0.15) is 0 Å². The van der Waals surface area contributed by atoms with E-state index in [4.69, 9.17) is 23.2 Å². The fraction of sp³-hybridized carbons (Fsp3) is 0.211. The zero-order chi connectivity index (χ0) is 19.8. The maximum absolute atomic E-state index is 12.8. The third kappa shape index (κ3) is 3.77. The van der Waals surface area contributed by atoms with Gasteiger partial charge in [0.2, 0.25) is 5.91 Å². The van der Waals surface area contributed by atoms with E-state index in [9.17, 15) is 14.4 Å². The van der Waals surface area contributed by atoms with Gasteiger partial charge in [0.1, 0.15) is 12.1 Å². The van der Waals surface area contributed by atoms with E-state index in [0.29, 0.717) is 21.3 Å². The van der Waals surface area contributed by atoms with E-state index in [-0.39, 0.29) is 0 Å². The maximum Gasteiger partial charge on any atom is 0.325 e. The highest BCUT2D eigenvalue weighted by atomic mass is 35.5. The van der Waals surface area contributed by atoms with Crippen LogP contribution in [0.4, 0.5) is 10.5 Å². The van der Waals surface area contributed by atoms with Crippen LogP contribution in [-0.2, 0) is 15.1 Å². The van der Waals surface area contributed by atoms with Crippen molar-refractivity contribution in [3.63, 3.8) is 0 Å². The molecule has 1 aliphatic rings. The molecule has 8 heteroatoms. The highest BCUT2D eigenvalue weighted by molar-refractivity contribution is 6.31. The highest BCUT2D eigenvalue weighted by Crippen LogP contribution is 2.29. The number of anilines is 1. The van der Waals surface area contributed by atoms with Gasteiger partial charge < -0.3 is 10.6 Å². The predicted octanol–water partition coefficient (Wildman–Crippen LogP) is 3.71. The number of benzene rings is 2. The molecular weight excluding hydrogens is 389 g/mol. The van der Waals surface area contributed by atoms with Crippen LogP contribution in [0.1, 0.15) is 18.1 Å². The van der Waals surface area contributed by atoms with Crippen molar-refractivity contribution in [1.82, 2.24) is 10.2 Å². The van der Waals surface area contributed by atoms with Gasteiger partial charge in [-0.15, -0.1) is 0 Å². The number of urea groups is 1. The molecule has 1 unspecified atom stereocenters. The molecule has 0 radical (unpaired) electrons. The minimum Gasteiger partial charge on any atom is -0.324 e. The third-order valence-corrected chi connectivity index (χ3v) is 4.95. The molecule has 0 aromatic heterocycles. The lowest BCUT2D eigenvalue weighted by Gasteiger charge is -2.22. The average Bonchev–Trinajstić information content (AvgIpc) is 2.82. The largest absolute Gasteiger partial charge is 0.325 e. The van der Waals surface area contributed by atoms with E-state index in [1.165, 1.54) is 0 Å². The lowest BCUT2D eigenvalue weighted by molar-refractivity contribution is -0.133. The maximum atomic E-state index is 12.8. The Morgan fingerprint density at radius 3 is 2.37 bits per heavy atom. The number of aryl methyl sites for hydroxylation is 1. The number of nitrogens with zero attached hydrogens (tertiary/aromatic N) is 1. The predicted molar refractivity (Wildman–Crippen MR) is 104 cm³/mol. The van der Waals surface area contributed by atoms with Crippen LogP contribution < -0.4 is 10.6 Å². The van der Waals surface area contributed by atoms with Gasteiger partial charge in [-0.1, -0.05) is 35.3 Å². The summed E-state index contributed by atoms with van der Waals surface area (Å²) in [4.78, 5) is 38.4. The summed E-state index contributed by atoms with van der Waals surface area (Å²) in [5.74, 6) is -0.984. The van der Waals surface area contributed by atoms with E-state index in [1.54, 1.807) is 56.3 Å². The Balaban J connectivity index is 1.75. The lowest BCUT2D eigenvalue weighted by Crippen LogP contribution is -2.42. The van der Waals surface area contributed by atoms with Crippen molar-refractivity contribution < 1.29 is 14.4 Å². The average molecular weight is 406 g/mol. The van der Waals surface area contributed by atoms with Gasteiger partial charge in [-0.25, -0.2) is 4.79 Å². The van der Waals surface area contributed by atoms with Crippen LogP contribution in [0.2, 0.25) is 10.0 Å². The molecule has 3 rings (SSSR count). The van der Waals surface area contributed by atoms with Crippen molar-refractivity contribution >= 4 is 46.7 Å². The molecule has 1 saturated heterocycles. The van der Waals surface area contributed by atoms with Crippen molar-refractivity contribution in [2.24, 2.45) is 0 Å². The summed E-state index contributed by atoms with van der Waals surface area (Å²) in [6.45, 7) is 3.00. The monoisotopic (exact) mass is 405 g/mol. The van der Waals surface area contributed by atoms with Crippen LogP contribution in [0.5, 0.6) is 0 Å². The van der Waals surface area contributed by atoms with Crippen molar-refractivity contribution in [3.05, 3.63) is 63.6 Å². The van der Waals surface area contributed by atoms with Crippen molar-refractivity contribution in [2.45, 2.75) is 19.4 Å². The minimum atomic E-state index is -1.25. The molecule has 1 aliphatic heterocycles. The second kappa shape index (κ2) is 7.21. The van der Waals surface area contributed by atoms with Gasteiger partial charge in [-0.3, -0.25) is 14.5 Å². The number of hydrogen-bond acceptors (Lipinski definition) is 3. The first-order valence-corrected chi connectivity index (χ1v) is 8.92. The van der Waals surface area contributed by atoms with E-state index < -0.39 is 29.9 Å². The minimum absolute atomic E-state index is 0.393. The van der Waals surface area contributed by atoms with Gasteiger partial charge in [0.15, 0.2) is 0 Å². The molecule has 0 saturated carbocycles. The van der Waals surface area contributed by atoms with Crippen molar-refractivity contribution in [1.29, 1.82) is 0 Å². The Morgan fingerprint density at radius 1 is 1.11 bits per heavy atom. The van der Waals surface area contributed by atoms with Crippen LogP contribution in [-0.4, -0.2) is 29.3 Å². The summed E-state index contributed by atoms with van der Waals surface area (Å²) < 4.78 is 0. The van der Waals surface area contributed by atoms with E-state index in [0.717, 1.165) is 10.5 Å². The number of halogens is 2. The number of nitrogens with one attached hydrogen (secondary N) is 2. The summed E-state index contributed by atoms with van der Waals surface area (Å²) in [6, 6.07) is 11.0. The molecule has 4 amide bonds. The lowest BCUT2D eigenvalue weighted by atomic mass is 9.92. The number of carbonyl (C=O) groups is 3. The highest BCUT2D eigenvalue weighted by Gasteiger charge is 2.49. The van der Waals surface area contributed by atoms with Gasteiger partial charge in [0.05, 0.1) is 0 Å². The van der Waals surface area contributed by atoms with Gasteiger partial charge in [-0.05, 0) is 55.3 Å². The van der Waals surface area contributed by atoms with Crippen LogP contribution in [0.25, 0.3) is 0 Å². The SMILES string of the molecule is Cc1cc(Cl)ccc1NC(=O)CN1C(=O)NC(C)(c2ccc(Cl)cc2)C1=O. The normalized spacial score (nSPS) is 19.2. The summed E-state index contributed by atoms with van der Waals surface area (Å²) >= 11 is 11.8. The van der Waals surface area contributed by atoms with E-state index >= 15 is 0 Å². The second-order valence-electron chi connectivity index (χ2n) is 6.46. The Hall–Kier alpha value is -2.57. The summed E-state index contributed by atoms with van der Waals surface area (Å²) in [7, 11) is 0. The van der Waals surface area contributed by atoms with E-state index in [2.05, 4.69) is 10.6 Å².